The molecule has 4 aromatic carbocycles. The first-order valence-electron chi connectivity index (χ1n) is 16.6. The lowest BCUT2D eigenvalue weighted by Crippen LogP contribution is -2.42. The maximum atomic E-state index is 12.4. The van der Waals surface area contributed by atoms with Crippen molar-refractivity contribution in [2.75, 3.05) is 26.8 Å². The van der Waals surface area contributed by atoms with Gasteiger partial charge in [-0.2, -0.15) is 0 Å². The van der Waals surface area contributed by atoms with Crippen LogP contribution in [-0.2, 0) is 33.9 Å². The van der Waals surface area contributed by atoms with E-state index in [-0.39, 0.29) is 24.8 Å². The third-order valence-electron chi connectivity index (χ3n) is 9.08. The number of aliphatic hydroxyl groups is 1. The molecule has 0 aromatic heterocycles. The molecule has 2 fully saturated rings. The predicted octanol–water partition coefficient (Wildman–Crippen LogP) is 6.50. The fraction of sp³-hybridized carbons (Fsp3) is 0.359. The second kappa shape index (κ2) is 16.2. The van der Waals surface area contributed by atoms with Crippen molar-refractivity contribution < 1.29 is 24.1 Å². The molecule has 47 heavy (non-hydrogen) atoms. The van der Waals surface area contributed by atoms with Crippen LogP contribution in [0.25, 0.3) is 11.1 Å². The van der Waals surface area contributed by atoms with Gasteiger partial charge in [-0.3, -0.25) is 4.90 Å². The topological polar surface area (TPSA) is 92.3 Å². The molecule has 4 atom stereocenters. The van der Waals surface area contributed by atoms with E-state index in [2.05, 4.69) is 58.0 Å². The minimum absolute atomic E-state index is 0.0141. The average Bonchev–Trinajstić information content (AvgIpc) is 3.56. The number of nitrogens with one attached hydrogen (secondary N) is 2. The molecule has 0 spiro atoms. The number of carbonyl (C=O) groups excluding carboxylic acids is 1. The van der Waals surface area contributed by atoms with Crippen LogP contribution in [0.15, 0.2) is 103 Å². The van der Waals surface area contributed by atoms with Crippen molar-refractivity contribution in [1.29, 1.82) is 0 Å². The summed E-state index contributed by atoms with van der Waals surface area (Å²) in [6.45, 7) is 3.51. The van der Waals surface area contributed by atoms with Gasteiger partial charge in [0.2, 0.25) is 0 Å². The normalized spacial score (nSPS) is 21.4. The highest BCUT2D eigenvalue weighted by Crippen LogP contribution is 2.39. The number of amides is 2. The number of benzene rings is 4. The van der Waals surface area contributed by atoms with Gasteiger partial charge in [0.1, 0.15) is 0 Å². The second-order valence-electron chi connectivity index (χ2n) is 12.4. The predicted molar refractivity (Wildman–Crippen MR) is 182 cm³/mol. The third-order valence-corrected chi connectivity index (χ3v) is 9.08. The maximum Gasteiger partial charge on any atom is 0.315 e. The number of rotatable bonds is 12. The van der Waals surface area contributed by atoms with E-state index in [9.17, 15) is 9.90 Å². The first-order valence-corrected chi connectivity index (χ1v) is 16.6. The van der Waals surface area contributed by atoms with Gasteiger partial charge >= 0.3 is 6.03 Å². The molecule has 8 heteroatoms. The van der Waals surface area contributed by atoms with Crippen molar-refractivity contribution >= 4 is 6.03 Å². The smallest absolute Gasteiger partial charge is 0.315 e. The Kier molecular flexibility index (Phi) is 11.3. The molecule has 0 bridgehead atoms. The molecule has 3 N–H and O–H groups in total. The lowest BCUT2D eigenvalue weighted by molar-refractivity contribution is -0.253. The van der Waals surface area contributed by atoms with E-state index < -0.39 is 6.29 Å². The molecule has 2 heterocycles. The van der Waals surface area contributed by atoms with Crippen LogP contribution in [0.2, 0.25) is 0 Å². The molecule has 2 aliphatic rings. The number of likely N-dealkylation sites (tertiary alicyclic amines) is 1. The number of ether oxygens (including phenoxy) is 3. The summed E-state index contributed by atoms with van der Waals surface area (Å²) >= 11 is 0. The number of methoxy groups -OCH3 is 1. The summed E-state index contributed by atoms with van der Waals surface area (Å²) in [6.07, 6.45) is 2.38. The van der Waals surface area contributed by atoms with Gasteiger partial charge in [-0.15, -0.1) is 0 Å². The Hall–Kier alpha value is -4.05. The first kappa shape index (κ1) is 32.9. The van der Waals surface area contributed by atoms with Gasteiger partial charge in [0.15, 0.2) is 6.29 Å². The Balaban J connectivity index is 1.15. The Labute approximate surface area is 277 Å². The molecule has 2 saturated heterocycles. The number of nitrogens with zero attached hydrogens (tertiary/aromatic N) is 1. The van der Waals surface area contributed by atoms with Crippen molar-refractivity contribution in [3.05, 3.63) is 131 Å². The van der Waals surface area contributed by atoms with Gasteiger partial charge in [-0.05, 0) is 64.9 Å². The van der Waals surface area contributed by atoms with E-state index in [1.54, 1.807) is 7.11 Å². The van der Waals surface area contributed by atoms with Crippen LogP contribution in [0.5, 0.6) is 0 Å². The average molecular weight is 636 g/mol. The Morgan fingerprint density at radius 2 is 1.55 bits per heavy atom. The van der Waals surface area contributed by atoms with Gasteiger partial charge in [-0.25, -0.2) is 4.79 Å². The summed E-state index contributed by atoms with van der Waals surface area (Å²) in [4.78, 5) is 14.9. The van der Waals surface area contributed by atoms with Gasteiger partial charge in [-0.1, -0.05) is 91.0 Å². The van der Waals surface area contributed by atoms with Crippen LogP contribution in [0.1, 0.15) is 59.5 Å². The molecule has 0 unspecified atom stereocenters. The molecule has 246 valence electrons. The van der Waals surface area contributed by atoms with Gasteiger partial charge in [0.05, 0.1) is 25.4 Å². The number of hydrogen-bond donors (Lipinski definition) is 3. The van der Waals surface area contributed by atoms with Gasteiger partial charge in [0.25, 0.3) is 0 Å². The van der Waals surface area contributed by atoms with Crippen LogP contribution in [0.4, 0.5) is 4.79 Å². The fourth-order valence-electron chi connectivity index (χ4n) is 6.56. The van der Waals surface area contributed by atoms with Crippen molar-refractivity contribution in [2.24, 2.45) is 0 Å². The van der Waals surface area contributed by atoms with Crippen LogP contribution >= 0.6 is 0 Å². The molecule has 0 saturated carbocycles. The molecular weight excluding hydrogens is 590 g/mol. The number of urea groups is 1. The zero-order valence-electron chi connectivity index (χ0n) is 27.0. The molecule has 0 radical (unpaired) electrons. The minimum Gasteiger partial charge on any atom is -0.392 e. The van der Waals surface area contributed by atoms with Crippen LogP contribution in [0.3, 0.4) is 0 Å². The summed E-state index contributed by atoms with van der Waals surface area (Å²) in [5.74, 6) is 0. The molecule has 6 rings (SSSR count). The molecule has 4 aromatic rings. The van der Waals surface area contributed by atoms with Crippen molar-refractivity contribution in [2.45, 2.75) is 63.5 Å². The van der Waals surface area contributed by atoms with Crippen LogP contribution in [0, 0.1) is 0 Å². The van der Waals surface area contributed by atoms with Gasteiger partial charge < -0.3 is 30.0 Å². The first-order chi connectivity index (χ1) is 23.1. The van der Waals surface area contributed by atoms with E-state index in [0.717, 1.165) is 71.5 Å². The minimum atomic E-state index is -0.530. The highest BCUT2D eigenvalue weighted by Gasteiger charge is 2.35. The maximum absolute atomic E-state index is 12.4. The van der Waals surface area contributed by atoms with E-state index in [1.165, 1.54) is 6.42 Å². The fourth-order valence-corrected chi connectivity index (χ4v) is 6.56. The number of hydrogen-bond acceptors (Lipinski definition) is 6. The molecule has 2 aliphatic heterocycles. The summed E-state index contributed by atoms with van der Waals surface area (Å²) in [7, 11) is 1.77. The zero-order chi connectivity index (χ0) is 32.4. The Bertz CT molecular complexity index is 1580. The molecule has 2 amide bonds. The van der Waals surface area contributed by atoms with E-state index in [4.69, 9.17) is 14.2 Å². The molecule has 0 aliphatic carbocycles. The Morgan fingerprint density at radius 1 is 0.830 bits per heavy atom. The summed E-state index contributed by atoms with van der Waals surface area (Å²) in [6, 6.07) is 34.7. The second-order valence-corrected chi connectivity index (χ2v) is 12.4. The quantitative estimate of drug-likeness (QED) is 0.165. The van der Waals surface area contributed by atoms with Crippen molar-refractivity contribution in [3.63, 3.8) is 0 Å². The highest BCUT2D eigenvalue weighted by molar-refractivity contribution is 5.74. The van der Waals surface area contributed by atoms with E-state index >= 15 is 0 Å². The Morgan fingerprint density at radius 3 is 2.32 bits per heavy atom. The summed E-state index contributed by atoms with van der Waals surface area (Å²) in [5.41, 5.74) is 7.10. The van der Waals surface area contributed by atoms with Crippen LogP contribution < -0.4 is 10.6 Å². The number of aliphatic hydroxyl groups excluding tert-OH is 1. The third kappa shape index (κ3) is 8.86. The highest BCUT2D eigenvalue weighted by atomic mass is 16.7. The summed E-state index contributed by atoms with van der Waals surface area (Å²) < 4.78 is 18.9. The van der Waals surface area contributed by atoms with Crippen molar-refractivity contribution in [1.82, 2.24) is 15.5 Å². The van der Waals surface area contributed by atoms with Crippen molar-refractivity contribution in [3.8, 4) is 11.1 Å². The molecular formula is C39H45N3O5. The lowest BCUT2D eigenvalue weighted by Gasteiger charge is -2.39. The standard InChI is InChI=1S/C39H45N3O5/c1-45-27-35-14-7-19-42(35)25-36-22-37(31-17-15-29(26-43)16-18-31)47-38(46-36)34-13-6-12-33(21-34)32-11-5-10-30(20-32)24-41-39(44)40-23-28-8-3-2-4-9-28/h2-6,8-13,15-18,20-21,35-38,43H,7,14,19,22-27H2,1H3,(H2,40,41,44)/t35-,36+,37-,38-/m0/s1. The lowest BCUT2D eigenvalue weighted by atomic mass is 9.98. The molecule has 8 nitrogen and oxygen atoms in total. The SMILES string of the molecule is COC[C@@H]1CCCN1C[C@H]1C[C@@H](c2ccc(CO)cc2)O[C@@H](c2cccc(-c3cccc(CNC(=O)NCc4ccccc4)c3)c2)O1. The zero-order valence-corrected chi connectivity index (χ0v) is 27.0. The summed E-state index contributed by atoms with van der Waals surface area (Å²) in [5, 5.41) is 15.4. The van der Waals surface area contributed by atoms with E-state index in [1.807, 2.05) is 60.7 Å². The monoisotopic (exact) mass is 635 g/mol. The van der Waals surface area contributed by atoms with Crippen LogP contribution in [-0.4, -0.2) is 55.0 Å². The largest absolute Gasteiger partial charge is 0.392 e. The van der Waals surface area contributed by atoms with E-state index in [0.29, 0.717) is 19.1 Å². The van der Waals surface area contributed by atoms with Gasteiger partial charge in [0, 0.05) is 44.8 Å². The number of carbonyl (C=O) groups is 1.